The second kappa shape index (κ2) is 8.12. The third-order valence-corrected chi connectivity index (χ3v) is 3.82. The number of hydrogen-bond acceptors (Lipinski definition) is 4. The van der Waals surface area contributed by atoms with E-state index in [0.717, 1.165) is 30.6 Å². The van der Waals surface area contributed by atoms with Crippen molar-refractivity contribution in [1.82, 2.24) is 10.2 Å². The first kappa shape index (κ1) is 15.9. The highest BCUT2D eigenvalue weighted by molar-refractivity contribution is 5.78. The zero-order valence-electron chi connectivity index (χ0n) is 12.5. The first-order chi connectivity index (χ1) is 10.2. The molecule has 21 heavy (non-hydrogen) atoms. The van der Waals surface area contributed by atoms with E-state index < -0.39 is 0 Å². The molecule has 1 atom stereocenters. The SMILES string of the molecule is COCc1ccc(CNC(=O)CN2CCC(CO)C2)cc1. The van der Waals surface area contributed by atoms with Crippen LogP contribution < -0.4 is 5.32 Å². The van der Waals surface area contributed by atoms with Crippen molar-refractivity contribution in [1.29, 1.82) is 0 Å². The molecule has 1 heterocycles. The average Bonchev–Trinajstić information content (AvgIpc) is 2.94. The van der Waals surface area contributed by atoms with Crippen molar-refractivity contribution in [3.05, 3.63) is 35.4 Å². The average molecular weight is 292 g/mol. The van der Waals surface area contributed by atoms with Crippen molar-refractivity contribution in [2.45, 2.75) is 19.6 Å². The van der Waals surface area contributed by atoms with Crippen LogP contribution in [-0.4, -0.2) is 49.3 Å². The molecule has 5 nitrogen and oxygen atoms in total. The summed E-state index contributed by atoms with van der Waals surface area (Å²) in [5.74, 6) is 0.362. The third-order valence-electron chi connectivity index (χ3n) is 3.82. The Bertz CT molecular complexity index is 447. The van der Waals surface area contributed by atoms with Gasteiger partial charge in [-0.3, -0.25) is 9.69 Å². The van der Waals surface area contributed by atoms with Gasteiger partial charge < -0.3 is 15.2 Å². The lowest BCUT2D eigenvalue weighted by Crippen LogP contribution is -2.35. The van der Waals surface area contributed by atoms with Crippen molar-refractivity contribution in [2.24, 2.45) is 5.92 Å². The third kappa shape index (κ3) is 5.12. The van der Waals surface area contributed by atoms with Gasteiger partial charge in [0.15, 0.2) is 0 Å². The molecular formula is C16H24N2O3. The predicted octanol–water partition coefficient (Wildman–Crippen LogP) is 0.763. The van der Waals surface area contributed by atoms with E-state index in [1.54, 1.807) is 7.11 Å². The molecular weight excluding hydrogens is 268 g/mol. The second-order valence-corrected chi connectivity index (χ2v) is 5.60. The van der Waals surface area contributed by atoms with Gasteiger partial charge in [0.1, 0.15) is 0 Å². The van der Waals surface area contributed by atoms with Crippen LogP contribution in [0.5, 0.6) is 0 Å². The number of ether oxygens (including phenoxy) is 1. The predicted molar refractivity (Wildman–Crippen MR) is 80.6 cm³/mol. The maximum absolute atomic E-state index is 11.9. The molecule has 1 saturated heterocycles. The molecule has 1 aliphatic heterocycles. The van der Waals surface area contributed by atoms with Crippen molar-refractivity contribution in [3.8, 4) is 0 Å². The molecule has 0 aromatic heterocycles. The summed E-state index contributed by atoms with van der Waals surface area (Å²) in [5.41, 5.74) is 2.21. The minimum Gasteiger partial charge on any atom is -0.396 e. The first-order valence-electron chi connectivity index (χ1n) is 7.38. The summed E-state index contributed by atoms with van der Waals surface area (Å²) < 4.78 is 5.07. The number of aliphatic hydroxyl groups is 1. The summed E-state index contributed by atoms with van der Waals surface area (Å²) in [4.78, 5) is 14.0. The molecule has 0 spiro atoms. The molecule has 1 amide bonds. The lowest BCUT2D eigenvalue weighted by atomic mass is 10.1. The van der Waals surface area contributed by atoms with Gasteiger partial charge in [-0.25, -0.2) is 0 Å². The van der Waals surface area contributed by atoms with Crippen LogP contribution in [-0.2, 0) is 22.7 Å². The number of likely N-dealkylation sites (tertiary alicyclic amines) is 1. The molecule has 0 saturated carbocycles. The minimum atomic E-state index is 0.0366. The van der Waals surface area contributed by atoms with E-state index in [4.69, 9.17) is 9.84 Å². The Morgan fingerprint density at radius 2 is 2.10 bits per heavy atom. The van der Waals surface area contributed by atoms with Gasteiger partial charge in [-0.15, -0.1) is 0 Å². The van der Waals surface area contributed by atoms with Crippen molar-refractivity contribution in [3.63, 3.8) is 0 Å². The van der Waals surface area contributed by atoms with Crippen LogP contribution >= 0.6 is 0 Å². The zero-order chi connectivity index (χ0) is 15.1. The summed E-state index contributed by atoms with van der Waals surface area (Å²) in [6.07, 6.45) is 0.977. The number of aliphatic hydroxyl groups excluding tert-OH is 1. The molecule has 116 valence electrons. The normalized spacial score (nSPS) is 18.9. The van der Waals surface area contributed by atoms with E-state index in [9.17, 15) is 4.79 Å². The second-order valence-electron chi connectivity index (χ2n) is 5.60. The van der Waals surface area contributed by atoms with Crippen molar-refractivity contribution < 1.29 is 14.6 Å². The summed E-state index contributed by atoms with van der Waals surface area (Å²) in [6, 6.07) is 8.03. The van der Waals surface area contributed by atoms with Gasteiger partial charge in [-0.1, -0.05) is 24.3 Å². The summed E-state index contributed by atoms with van der Waals surface area (Å²) in [7, 11) is 1.67. The van der Waals surface area contributed by atoms with Crippen LogP contribution in [0.2, 0.25) is 0 Å². The molecule has 0 aliphatic carbocycles. The van der Waals surface area contributed by atoms with Crippen LogP contribution in [0.3, 0.4) is 0 Å². The smallest absolute Gasteiger partial charge is 0.234 e. The van der Waals surface area contributed by atoms with Crippen LogP contribution in [0.4, 0.5) is 0 Å². The van der Waals surface area contributed by atoms with E-state index >= 15 is 0 Å². The topological polar surface area (TPSA) is 61.8 Å². The molecule has 1 unspecified atom stereocenters. The Kier molecular flexibility index (Phi) is 6.17. The van der Waals surface area contributed by atoms with Crippen molar-refractivity contribution >= 4 is 5.91 Å². The van der Waals surface area contributed by atoms with Gasteiger partial charge >= 0.3 is 0 Å². The quantitative estimate of drug-likeness (QED) is 0.779. The molecule has 2 rings (SSSR count). The number of benzene rings is 1. The van der Waals surface area contributed by atoms with E-state index in [-0.39, 0.29) is 12.5 Å². The summed E-state index contributed by atoms with van der Waals surface area (Å²) in [6.45, 7) is 3.49. The van der Waals surface area contributed by atoms with Crippen LogP contribution in [0.1, 0.15) is 17.5 Å². The molecule has 2 N–H and O–H groups in total. The number of carbonyl (C=O) groups is 1. The highest BCUT2D eigenvalue weighted by Gasteiger charge is 2.22. The Morgan fingerprint density at radius 1 is 1.38 bits per heavy atom. The van der Waals surface area contributed by atoms with E-state index in [1.165, 1.54) is 0 Å². The van der Waals surface area contributed by atoms with E-state index in [0.29, 0.717) is 25.6 Å². The fraction of sp³-hybridized carbons (Fsp3) is 0.562. The molecule has 0 bridgehead atoms. The number of carbonyl (C=O) groups excluding carboxylic acids is 1. The van der Waals surface area contributed by atoms with Gasteiger partial charge in [-0.05, 0) is 30.0 Å². The Morgan fingerprint density at radius 3 is 2.71 bits per heavy atom. The largest absolute Gasteiger partial charge is 0.396 e. The number of nitrogens with one attached hydrogen (secondary N) is 1. The van der Waals surface area contributed by atoms with Gasteiger partial charge in [0.2, 0.25) is 5.91 Å². The number of rotatable bonds is 7. The van der Waals surface area contributed by atoms with Gasteiger partial charge in [0.25, 0.3) is 0 Å². The summed E-state index contributed by atoms with van der Waals surface area (Å²) >= 11 is 0. The Labute approximate surface area is 125 Å². The summed E-state index contributed by atoms with van der Waals surface area (Å²) in [5, 5.41) is 12.0. The highest BCUT2D eigenvalue weighted by atomic mass is 16.5. The fourth-order valence-corrected chi connectivity index (χ4v) is 2.59. The molecule has 0 radical (unpaired) electrons. The molecule has 1 fully saturated rings. The first-order valence-corrected chi connectivity index (χ1v) is 7.38. The van der Waals surface area contributed by atoms with Gasteiger partial charge in [-0.2, -0.15) is 0 Å². The highest BCUT2D eigenvalue weighted by Crippen LogP contribution is 2.14. The maximum Gasteiger partial charge on any atom is 0.234 e. The molecule has 1 aromatic rings. The van der Waals surface area contributed by atoms with Gasteiger partial charge in [0, 0.05) is 26.8 Å². The lowest BCUT2D eigenvalue weighted by Gasteiger charge is -2.15. The zero-order valence-corrected chi connectivity index (χ0v) is 12.5. The maximum atomic E-state index is 11.9. The van der Waals surface area contributed by atoms with Crippen LogP contribution in [0, 0.1) is 5.92 Å². The molecule has 1 aliphatic rings. The molecule has 5 heteroatoms. The fourth-order valence-electron chi connectivity index (χ4n) is 2.59. The lowest BCUT2D eigenvalue weighted by molar-refractivity contribution is -0.122. The monoisotopic (exact) mass is 292 g/mol. The van der Waals surface area contributed by atoms with Gasteiger partial charge in [0.05, 0.1) is 13.2 Å². The standard InChI is InChI=1S/C16H24N2O3/c1-21-12-14-4-2-13(3-5-14)8-17-16(20)10-18-7-6-15(9-18)11-19/h2-5,15,19H,6-12H2,1H3,(H,17,20). The van der Waals surface area contributed by atoms with E-state index in [1.807, 2.05) is 24.3 Å². The van der Waals surface area contributed by atoms with E-state index in [2.05, 4.69) is 10.2 Å². The van der Waals surface area contributed by atoms with Crippen molar-refractivity contribution in [2.75, 3.05) is 33.4 Å². The minimum absolute atomic E-state index is 0.0366. The number of hydrogen-bond donors (Lipinski definition) is 2. The number of nitrogens with zero attached hydrogens (tertiary/aromatic N) is 1. The number of amides is 1. The Balaban J connectivity index is 1.71. The molecule has 1 aromatic carbocycles. The number of methoxy groups -OCH3 is 1. The Hall–Kier alpha value is -1.43. The van der Waals surface area contributed by atoms with Crippen LogP contribution in [0.15, 0.2) is 24.3 Å². The van der Waals surface area contributed by atoms with Crippen LogP contribution in [0.25, 0.3) is 0 Å².